The Morgan fingerprint density at radius 1 is 1.30 bits per heavy atom. The molecule has 0 aliphatic rings. The molecule has 0 saturated carbocycles. The molecule has 27 heavy (non-hydrogen) atoms. The quantitative estimate of drug-likeness (QED) is 0.749. The third kappa shape index (κ3) is 3.93. The minimum Gasteiger partial charge on any atom is -0.497 e. The van der Waals surface area contributed by atoms with Crippen LogP contribution in [0, 0.1) is 23.0 Å². The lowest BCUT2D eigenvalue weighted by molar-refractivity contribution is 0.102. The van der Waals surface area contributed by atoms with Crippen molar-refractivity contribution in [1.29, 1.82) is 5.26 Å². The lowest BCUT2D eigenvalue weighted by Crippen LogP contribution is -2.15. The number of nitrogens with one attached hydrogen (secondary N) is 1. The molecule has 0 unspecified atom stereocenters. The summed E-state index contributed by atoms with van der Waals surface area (Å²) in [5, 5.41) is 11.8. The summed E-state index contributed by atoms with van der Waals surface area (Å²) in [4.78, 5) is 16.2. The summed E-state index contributed by atoms with van der Waals surface area (Å²) in [7, 11) is 1.55. The van der Waals surface area contributed by atoms with E-state index in [1.807, 2.05) is 24.3 Å². The van der Waals surface area contributed by atoms with Gasteiger partial charge in [0.25, 0.3) is 5.91 Å². The molecule has 8 heteroatoms. The van der Waals surface area contributed by atoms with Crippen LogP contribution in [0.25, 0.3) is 0 Å². The van der Waals surface area contributed by atoms with E-state index in [0.717, 1.165) is 23.8 Å². The number of amides is 1. The van der Waals surface area contributed by atoms with E-state index in [0.29, 0.717) is 12.3 Å². The van der Waals surface area contributed by atoms with Gasteiger partial charge in [0, 0.05) is 6.54 Å². The highest BCUT2D eigenvalue weighted by atomic mass is 19.1. The molecule has 1 aromatic heterocycles. The topological polar surface area (TPSA) is 79.9 Å². The molecule has 1 N–H and O–H groups in total. The van der Waals surface area contributed by atoms with E-state index in [2.05, 4.69) is 10.3 Å². The summed E-state index contributed by atoms with van der Waals surface area (Å²) < 4.78 is 33.7. The molecule has 0 radical (unpaired) electrons. The van der Waals surface area contributed by atoms with Crippen molar-refractivity contribution in [2.24, 2.45) is 0 Å². The van der Waals surface area contributed by atoms with Crippen LogP contribution in [0.1, 0.15) is 21.6 Å². The summed E-state index contributed by atoms with van der Waals surface area (Å²) in [5.74, 6) is -1.88. The van der Waals surface area contributed by atoms with Gasteiger partial charge in [-0.1, -0.05) is 12.1 Å². The molecule has 0 aliphatic heterocycles. The number of hydrogen-bond acceptors (Lipinski definition) is 4. The number of ether oxygens (including phenoxy) is 1. The van der Waals surface area contributed by atoms with Crippen LogP contribution < -0.4 is 10.1 Å². The maximum absolute atomic E-state index is 13.7. The number of imidazole rings is 1. The number of carbonyl (C=O) groups excluding carboxylic acids is 1. The molecule has 0 fully saturated rings. The molecular weight excluding hydrogens is 354 g/mol. The molecule has 3 rings (SSSR count). The van der Waals surface area contributed by atoms with Gasteiger partial charge < -0.3 is 14.6 Å². The molecule has 3 aromatic rings. The number of nitrogens with zero attached hydrogens (tertiary/aromatic N) is 3. The van der Waals surface area contributed by atoms with Crippen molar-refractivity contribution < 1.29 is 18.3 Å². The Kier molecular flexibility index (Phi) is 5.13. The number of nitriles is 1. The van der Waals surface area contributed by atoms with Gasteiger partial charge in [0.15, 0.2) is 11.5 Å². The van der Waals surface area contributed by atoms with Crippen molar-refractivity contribution in [1.82, 2.24) is 9.55 Å². The second kappa shape index (κ2) is 7.66. The molecule has 0 spiro atoms. The second-order valence-corrected chi connectivity index (χ2v) is 5.61. The Morgan fingerprint density at radius 3 is 2.85 bits per heavy atom. The first-order chi connectivity index (χ1) is 13.0. The number of halogens is 2. The zero-order valence-electron chi connectivity index (χ0n) is 14.2. The monoisotopic (exact) mass is 368 g/mol. The predicted molar refractivity (Wildman–Crippen MR) is 93.3 cm³/mol. The van der Waals surface area contributed by atoms with Crippen LogP contribution in [0.5, 0.6) is 5.75 Å². The van der Waals surface area contributed by atoms with Crippen LogP contribution >= 0.6 is 0 Å². The lowest BCUT2D eigenvalue weighted by atomic mass is 10.2. The highest BCUT2D eigenvalue weighted by Gasteiger charge is 2.18. The zero-order valence-corrected chi connectivity index (χ0v) is 14.2. The summed E-state index contributed by atoms with van der Waals surface area (Å²) in [6, 6.07) is 11.8. The van der Waals surface area contributed by atoms with Crippen molar-refractivity contribution >= 4 is 11.7 Å². The summed E-state index contributed by atoms with van der Waals surface area (Å²) in [6.07, 6.45) is 1.38. The van der Waals surface area contributed by atoms with Crippen molar-refractivity contribution in [3.05, 3.63) is 77.2 Å². The van der Waals surface area contributed by atoms with Crippen LogP contribution in [0.4, 0.5) is 14.6 Å². The molecule has 136 valence electrons. The fraction of sp³-hybridized carbons (Fsp3) is 0.105. The summed E-state index contributed by atoms with van der Waals surface area (Å²) in [6.45, 7) is 0.317. The zero-order chi connectivity index (χ0) is 19.4. The molecule has 0 aliphatic carbocycles. The average Bonchev–Trinajstić information content (AvgIpc) is 3.04. The Hall–Kier alpha value is -3.73. The molecule has 0 atom stereocenters. The minimum atomic E-state index is -0.893. The van der Waals surface area contributed by atoms with Crippen molar-refractivity contribution in [3.8, 4) is 11.8 Å². The average molecular weight is 368 g/mol. The Balaban J connectivity index is 1.84. The van der Waals surface area contributed by atoms with E-state index in [1.54, 1.807) is 13.2 Å². The fourth-order valence-corrected chi connectivity index (χ4v) is 2.52. The van der Waals surface area contributed by atoms with Gasteiger partial charge in [0.1, 0.15) is 23.5 Å². The SMILES string of the molecule is COc1cccc(Cn2cnc(NC(=O)c3cc(F)ccc3F)c2C#N)c1. The van der Waals surface area contributed by atoms with Crippen LogP contribution in [0.15, 0.2) is 48.8 Å². The number of anilines is 1. The highest BCUT2D eigenvalue weighted by Crippen LogP contribution is 2.19. The van der Waals surface area contributed by atoms with E-state index in [1.165, 1.54) is 10.9 Å². The number of hydrogen-bond donors (Lipinski definition) is 1. The van der Waals surface area contributed by atoms with E-state index >= 15 is 0 Å². The number of methoxy groups -OCH3 is 1. The van der Waals surface area contributed by atoms with Crippen molar-refractivity contribution in [2.45, 2.75) is 6.54 Å². The standard InChI is InChI=1S/C19H14F2N4O2/c1-27-14-4-2-3-12(7-14)10-25-11-23-18(17(25)9-22)24-19(26)15-8-13(20)5-6-16(15)21/h2-8,11H,10H2,1H3,(H,24,26). The van der Waals surface area contributed by atoms with Gasteiger partial charge in [0.2, 0.25) is 0 Å². The second-order valence-electron chi connectivity index (χ2n) is 5.61. The maximum atomic E-state index is 13.7. The molecule has 1 heterocycles. The lowest BCUT2D eigenvalue weighted by Gasteiger charge is -2.07. The first-order valence-corrected chi connectivity index (χ1v) is 7.86. The van der Waals surface area contributed by atoms with Gasteiger partial charge in [-0.05, 0) is 35.9 Å². The number of benzene rings is 2. The third-order valence-corrected chi connectivity index (χ3v) is 3.84. The van der Waals surface area contributed by atoms with Gasteiger partial charge in [0.05, 0.1) is 19.0 Å². The van der Waals surface area contributed by atoms with Gasteiger partial charge in [-0.25, -0.2) is 13.8 Å². The van der Waals surface area contributed by atoms with Crippen LogP contribution in [0.3, 0.4) is 0 Å². The first-order valence-electron chi connectivity index (χ1n) is 7.86. The largest absolute Gasteiger partial charge is 0.497 e. The van der Waals surface area contributed by atoms with Crippen LogP contribution in [-0.4, -0.2) is 22.6 Å². The first kappa shape index (κ1) is 18.1. The summed E-state index contributed by atoms with van der Waals surface area (Å²) >= 11 is 0. The van der Waals surface area contributed by atoms with Crippen LogP contribution in [0.2, 0.25) is 0 Å². The third-order valence-electron chi connectivity index (χ3n) is 3.84. The number of aromatic nitrogens is 2. The Labute approximate surface area is 153 Å². The molecule has 2 aromatic carbocycles. The summed E-state index contributed by atoms with van der Waals surface area (Å²) in [5.41, 5.74) is 0.474. The van der Waals surface area contributed by atoms with Gasteiger partial charge >= 0.3 is 0 Å². The Morgan fingerprint density at radius 2 is 2.11 bits per heavy atom. The number of rotatable bonds is 5. The van der Waals surface area contributed by atoms with Crippen LogP contribution in [-0.2, 0) is 6.54 Å². The molecular formula is C19H14F2N4O2. The fourth-order valence-electron chi connectivity index (χ4n) is 2.52. The van der Waals surface area contributed by atoms with Gasteiger partial charge in [-0.2, -0.15) is 5.26 Å². The maximum Gasteiger partial charge on any atom is 0.259 e. The van der Waals surface area contributed by atoms with E-state index in [9.17, 15) is 18.8 Å². The van der Waals surface area contributed by atoms with E-state index in [4.69, 9.17) is 4.74 Å². The molecule has 0 bridgehead atoms. The van der Waals surface area contributed by atoms with Crippen molar-refractivity contribution in [3.63, 3.8) is 0 Å². The minimum absolute atomic E-state index is 0.0333. The normalized spacial score (nSPS) is 10.3. The van der Waals surface area contributed by atoms with E-state index < -0.39 is 23.1 Å². The van der Waals surface area contributed by atoms with Gasteiger partial charge in [-0.15, -0.1) is 0 Å². The molecule has 6 nitrogen and oxygen atoms in total. The highest BCUT2D eigenvalue weighted by molar-refractivity contribution is 6.04. The molecule has 1 amide bonds. The Bertz CT molecular complexity index is 1040. The van der Waals surface area contributed by atoms with Gasteiger partial charge in [-0.3, -0.25) is 4.79 Å². The smallest absolute Gasteiger partial charge is 0.259 e. The van der Waals surface area contributed by atoms with Crippen molar-refractivity contribution in [2.75, 3.05) is 12.4 Å². The van der Waals surface area contributed by atoms with E-state index in [-0.39, 0.29) is 11.5 Å². The number of carbonyl (C=O) groups is 1. The predicted octanol–water partition coefficient (Wildman–Crippen LogP) is 3.34. The molecule has 0 saturated heterocycles.